The Morgan fingerprint density at radius 1 is 0.900 bits per heavy atom. The van der Waals surface area contributed by atoms with Crippen molar-refractivity contribution in [3.63, 3.8) is 0 Å². The van der Waals surface area contributed by atoms with Gasteiger partial charge in [-0.2, -0.15) is 0 Å². The molecule has 1 heterocycles. The van der Waals surface area contributed by atoms with Gasteiger partial charge in [-0.25, -0.2) is 4.57 Å². The number of halogens is 1. The molecule has 0 aliphatic carbocycles. The van der Waals surface area contributed by atoms with E-state index < -0.39 is 0 Å². The van der Waals surface area contributed by atoms with Crippen molar-refractivity contribution >= 4 is 0 Å². The lowest BCUT2D eigenvalue weighted by Gasteiger charge is -1.98. The van der Waals surface area contributed by atoms with Crippen LogP contribution in [0.5, 0.6) is 0 Å². The summed E-state index contributed by atoms with van der Waals surface area (Å²) in [7, 11) is 0. The Kier molecular flexibility index (Phi) is 12.7. The van der Waals surface area contributed by atoms with Gasteiger partial charge in [0.05, 0.1) is 0 Å². The highest BCUT2D eigenvalue weighted by Gasteiger charge is 1.98. The van der Waals surface area contributed by atoms with E-state index >= 15 is 0 Å². The third-order valence-corrected chi connectivity index (χ3v) is 3.31. The van der Waals surface area contributed by atoms with E-state index in [-0.39, 0.29) is 17.0 Å². The van der Waals surface area contributed by atoms with Crippen LogP contribution in [0.3, 0.4) is 0 Å². The molecule has 1 aromatic heterocycles. The molecule has 0 unspecified atom stereocenters. The lowest BCUT2D eigenvalue weighted by atomic mass is 10.1. The third kappa shape index (κ3) is 10.0. The van der Waals surface area contributed by atoms with Gasteiger partial charge in [0.25, 0.3) is 0 Å². The van der Waals surface area contributed by atoms with Gasteiger partial charge in [-0.15, -0.1) is 11.8 Å². The summed E-state index contributed by atoms with van der Waals surface area (Å²) in [5.74, 6) is 6.53. The standard InChI is InChI=1S/C18H28N.BrH/c1-3-4-5-6-7-8-9-10-11-12-15-19-16-13-18(2)14-17-19;/h13-14,16-17H,3-5,8-12,15H2,1-2H3;1H/q+1;/p-1. The molecule has 0 fully saturated rings. The van der Waals surface area contributed by atoms with Gasteiger partial charge < -0.3 is 17.0 Å². The molecule has 0 aliphatic heterocycles. The Bertz CT molecular complexity index is 386. The number of hydrogen-bond donors (Lipinski definition) is 0. The molecule has 0 aromatic carbocycles. The van der Waals surface area contributed by atoms with Crippen molar-refractivity contribution in [2.75, 3.05) is 0 Å². The van der Waals surface area contributed by atoms with Crippen LogP contribution in [-0.2, 0) is 6.54 Å². The molecular weight excluding hydrogens is 310 g/mol. The minimum absolute atomic E-state index is 0. The summed E-state index contributed by atoms with van der Waals surface area (Å²) in [5.41, 5.74) is 1.33. The molecule has 20 heavy (non-hydrogen) atoms. The first-order valence-electron chi connectivity index (χ1n) is 7.74. The van der Waals surface area contributed by atoms with Crippen LogP contribution in [0.2, 0.25) is 0 Å². The van der Waals surface area contributed by atoms with Crippen LogP contribution >= 0.6 is 0 Å². The highest BCUT2D eigenvalue weighted by Crippen LogP contribution is 2.02. The van der Waals surface area contributed by atoms with Crippen molar-refractivity contribution in [1.82, 2.24) is 0 Å². The van der Waals surface area contributed by atoms with Gasteiger partial charge in [-0.1, -0.05) is 19.8 Å². The van der Waals surface area contributed by atoms with Crippen molar-refractivity contribution in [3.05, 3.63) is 30.1 Å². The average molecular weight is 338 g/mol. The first kappa shape index (κ1) is 19.2. The SMILES string of the molecule is CCCCC#CCCCCCC[n+]1ccc(C)cc1.[Br-]. The quantitative estimate of drug-likeness (QED) is 0.384. The zero-order chi connectivity index (χ0) is 13.8. The Hall–Kier alpha value is -0.810. The summed E-state index contributed by atoms with van der Waals surface area (Å²) in [6.45, 7) is 5.49. The summed E-state index contributed by atoms with van der Waals surface area (Å²) < 4.78 is 2.28. The molecule has 1 rings (SSSR count). The molecule has 112 valence electrons. The van der Waals surface area contributed by atoms with Gasteiger partial charge in [0.15, 0.2) is 12.4 Å². The highest BCUT2D eigenvalue weighted by atomic mass is 79.9. The second-order valence-electron chi connectivity index (χ2n) is 5.23. The molecule has 0 saturated carbocycles. The molecule has 0 atom stereocenters. The first-order chi connectivity index (χ1) is 9.33. The smallest absolute Gasteiger partial charge is 0.169 e. The van der Waals surface area contributed by atoms with Crippen LogP contribution in [0.1, 0.15) is 63.9 Å². The van der Waals surface area contributed by atoms with Crippen LogP contribution in [0.25, 0.3) is 0 Å². The fraction of sp³-hybridized carbons (Fsp3) is 0.611. The van der Waals surface area contributed by atoms with Gasteiger partial charge in [0, 0.05) is 31.4 Å². The summed E-state index contributed by atoms with van der Waals surface area (Å²) in [5, 5.41) is 0. The van der Waals surface area contributed by atoms with Crippen LogP contribution in [-0.4, -0.2) is 0 Å². The van der Waals surface area contributed by atoms with E-state index in [4.69, 9.17) is 0 Å². The molecule has 0 radical (unpaired) electrons. The maximum absolute atomic E-state index is 3.28. The van der Waals surface area contributed by atoms with Crippen LogP contribution < -0.4 is 21.5 Å². The predicted molar refractivity (Wildman–Crippen MR) is 81.8 cm³/mol. The molecule has 0 spiro atoms. The predicted octanol–water partition coefficient (Wildman–Crippen LogP) is 1.43. The maximum Gasteiger partial charge on any atom is 0.169 e. The maximum atomic E-state index is 3.28. The molecule has 0 bridgehead atoms. The Balaban J connectivity index is 0.00000361. The van der Waals surface area contributed by atoms with E-state index in [1.165, 1.54) is 44.1 Å². The van der Waals surface area contributed by atoms with Crippen molar-refractivity contribution in [1.29, 1.82) is 0 Å². The van der Waals surface area contributed by atoms with Gasteiger partial charge in [-0.3, -0.25) is 0 Å². The molecule has 1 aromatic rings. The second-order valence-corrected chi connectivity index (χ2v) is 5.23. The number of pyridine rings is 1. The molecule has 0 saturated heterocycles. The van der Waals surface area contributed by atoms with Crippen molar-refractivity contribution in [3.8, 4) is 11.8 Å². The van der Waals surface area contributed by atoms with Crippen molar-refractivity contribution in [2.45, 2.75) is 71.8 Å². The minimum Gasteiger partial charge on any atom is -1.00 e. The van der Waals surface area contributed by atoms with Crippen molar-refractivity contribution < 1.29 is 21.5 Å². The molecule has 1 nitrogen and oxygen atoms in total. The average Bonchev–Trinajstić information content (AvgIpc) is 2.43. The Morgan fingerprint density at radius 3 is 2.15 bits per heavy atom. The zero-order valence-electron chi connectivity index (χ0n) is 13.0. The van der Waals surface area contributed by atoms with Gasteiger partial charge >= 0.3 is 0 Å². The lowest BCUT2D eigenvalue weighted by Crippen LogP contribution is -3.00. The van der Waals surface area contributed by atoms with Crippen molar-refractivity contribution in [2.24, 2.45) is 0 Å². The van der Waals surface area contributed by atoms with E-state index in [1.807, 2.05) is 0 Å². The molecule has 0 N–H and O–H groups in total. The van der Waals surface area contributed by atoms with Crippen LogP contribution in [0.15, 0.2) is 24.5 Å². The number of nitrogens with zero attached hydrogens (tertiary/aromatic N) is 1. The number of aryl methyl sites for hydroxylation is 2. The molecule has 0 amide bonds. The first-order valence-corrected chi connectivity index (χ1v) is 7.74. The summed E-state index contributed by atoms with van der Waals surface area (Å²) in [6.07, 6.45) is 14.2. The van der Waals surface area contributed by atoms with Gasteiger partial charge in [0.1, 0.15) is 6.54 Å². The largest absolute Gasteiger partial charge is 1.00 e. The Labute approximate surface area is 135 Å². The topological polar surface area (TPSA) is 3.88 Å². The number of rotatable bonds is 8. The normalized spacial score (nSPS) is 9.50. The van der Waals surface area contributed by atoms with E-state index in [9.17, 15) is 0 Å². The van der Waals surface area contributed by atoms with E-state index in [0.717, 1.165) is 19.4 Å². The van der Waals surface area contributed by atoms with Gasteiger partial charge in [-0.05, 0) is 31.7 Å². The summed E-state index contributed by atoms with van der Waals surface area (Å²) in [6, 6.07) is 4.35. The van der Waals surface area contributed by atoms with Gasteiger partial charge in [0.2, 0.25) is 0 Å². The monoisotopic (exact) mass is 337 g/mol. The number of unbranched alkanes of at least 4 members (excludes halogenated alkanes) is 6. The molecule has 2 heteroatoms. The lowest BCUT2D eigenvalue weighted by molar-refractivity contribution is -0.697. The molecule has 0 aliphatic rings. The second kappa shape index (κ2) is 13.2. The number of hydrogen-bond acceptors (Lipinski definition) is 0. The summed E-state index contributed by atoms with van der Waals surface area (Å²) >= 11 is 0. The van der Waals surface area contributed by atoms with Crippen LogP contribution in [0, 0.1) is 18.8 Å². The highest BCUT2D eigenvalue weighted by molar-refractivity contribution is 5.03. The van der Waals surface area contributed by atoms with E-state index in [1.54, 1.807) is 0 Å². The third-order valence-electron chi connectivity index (χ3n) is 3.31. The number of aromatic nitrogens is 1. The zero-order valence-corrected chi connectivity index (χ0v) is 14.6. The summed E-state index contributed by atoms with van der Waals surface area (Å²) in [4.78, 5) is 0. The van der Waals surface area contributed by atoms with E-state index in [0.29, 0.717) is 0 Å². The minimum atomic E-state index is 0. The fourth-order valence-corrected chi connectivity index (χ4v) is 1.98. The fourth-order valence-electron chi connectivity index (χ4n) is 1.98. The Morgan fingerprint density at radius 2 is 1.50 bits per heavy atom. The van der Waals surface area contributed by atoms with E-state index in [2.05, 4.69) is 54.8 Å². The van der Waals surface area contributed by atoms with Crippen LogP contribution in [0.4, 0.5) is 0 Å². The molecular formula is C18H28BrN.